The van der Waals surface area contributed by atoms with E-state index in [0.29, 0.717) is 21.5 Å². The smallest absolute Gasteiger partial charge is 0.267 e. The molecule has 2 amide bonds. The number of nitrogens with zero attached hydrogens (tertiary/aromatic N) is 2. The van der Waals surface area contributed by atoms with Gasteiger partial charge in [0.1, 0.15) is 10.4 Å². The number of imide groups is 1. The first kappa shape index (κ1) is 12.5. The molecule has 0 atom stereocenters. The minimum Gasteiger partial charge on any atom is -0.268 e. The Morgan fingerprint density at radius 1 is 0.947 bits per heavy atom. The van der Waals surface area contributed by atoms with Crippen molar-refractivity contribution in [3.05, 3.63) is 56.6 Å². The van der Waals surface area contributed by atoms with E-state index in [-0.39, 0.29) is 11.8 Å². The van der Waals surface area contributed by atoms with Gasteiger partial charge in [0.25, 0.3) is 11.8 Å². The number of carbonyl (C=O) groups is 2. The third-order valence-corrected chi connectivity index (χ3v) is 3.71. The minimum atomic E-state index is -0.355. The van der Waals surface area contributed by atoms with Crippen LogP contribution < -0.4 is 4.90 Å². The number of rotatable bonds is 1. The first-order valence-corrected chi connectivity index (χ1v) is 6.97. The molecule has 1 aromatic heterocycles. The molecule has 0 unspecified atom stereocenters. The number of carbonyl (C=O) groups excluding carboxylic acids is 2. The Labute approximate surface area is 125 Å². The summed E-state index contributed by atoms with van der Waals surface area (Å²) in [4.78, 5) is 29.8. The molecule has 0 radical (unpaired) electrons. The number of hydrogen-bond donors (Lipinski definition) is 0. The summed E-state index contributed by atoms with van der Waals surface area (Å²) in [6.45, 7) is 0. The molecular formula is C13H6Br2N2O2. The van der Waals surface area contributed by atoms with Gasteiger partial charge in [-0.2, -0.15) is 0 Å². The molecule has 2 heterocycles. The number of hydrogen-bond acceptors (Lipinski definition) is 3. The van der Waals surface area contributed by atoms with Crippen LogP contribution in [0, 0.1) is 0 Å². The molecule has 0 saturated heterocycles. The minimum absolute atomic E-state index is 0.316. The molecule has 1 aliphatic heterocycles. The highest BCUT2D eigenvalue weighted by atomic mass is 79.9. The highest BCUT2D eigenvalue weighted by Crippen LogP contribution is 2.29. The van der Waals surface area contributed by atoms with Crippen LogP contribution in [0.3, 0.4) is 0 Å². The third-order valence-electron chi connectivity index (χ3n) is 2.78. The predicted octanol–water partition coefficient (Wildman–Crippen LogP) is 3.41. The fourth-order valence-electron chi connectivity index (χ4n) is 1.94. The Hall–Kier alpha value is -1.53. The molecule has 1 aromatic carbocycles. The SMILES string of the molecule is O=C1c2ccc(Br)cc2C(=O)N1c1cccc(Br)n1. The zero-order chi connectivity index (χ0) is 13.6. The molecule has 19 heavy (non-hydrogen) atoms. The van der Waals surface area contributed by atoms with Crippen molar-refractivity contribution >= 4 is 49.5 Å². The number of pyridine rings is 1. The Morgan fingerprint density at radius 2 is 1.68 bits per heavy atom. The van der Waals surface area contributed by atoms with E-state index in [4.69, 9.17) is 0 Å². The second kappa shape index (κ2) is 4.54. The standard InChI is InChI=1S/C13H6Br2N2O2/c14-7-4-5-8-9(6-7)13(19)17(12(8)18)11-3-1-2-10(15)16-11/h1-6H. The summed E-state index contributed by atoms with van der Waals surface area (Å²) in [5.74, 6) is -0.387. The fraction of sp³-hybridized carbons (Fsp3) is 0. The quantitative estimate of drug-likeness (QED) is 0.561. The molecule has 0 fully saturated rings. The molecule has 0 N–H and O–H groups in total. The van der Waals surface area contributed by atoms with Gasteiger partial charge in [-0.1, -0.05) is 22.0 Å². The van der Waals surface area contributed by atoms with Gasteiger partial charge in [-0.25, -0.2) is 9.88 Å². The monoisotopic (exact) mass is 380 g/mol. The lowest BCUT2D eigenvalue weighted by molar-refractivity contribution is 0.0925. The van der Waals surface area contributed by atoms with Gasteiger partial charge in [-0.3, -0.25) is 9.59 Å². The summed E-state index contributed by atoms with van der Waals surface area (Å²) in [6.07, 6.45) is 0. The van der Waals surface area contributed by atoms with Crippen molar-refractivity contribution in [1.29, 1.82) is 0 Å². The number of anilines is 1. The van der Waals surface area contributed by atoms with Crippen LogP contribution in [-0.2, 0) is 0 Å². The summed E-state index contributed by atoms with van der Waals surface area (Å²) < 4.78 is 1.33. The van der Waals surface area contributed by atoms with Gasteiger partial charge in [0.2, 0.25) is 0 Å². The topological polar surface area (TPSA) is 50.3 Å². The molecule has 0 bridgehead atoms. The van der Waals surface area contributed by atoms with Gasteiger partial charge in [-0.15, -0.1) is 0 Å². The van der Waals surface area contributed by atoms with Crippen molar-refractivity contribution in [3.63, 3.8) is 0 Å². The third kappa shape index (κ3) is 2.01. The van der Waals surface area contributed by atoms with E-state index in [0.717, 1.165) is 9.37 Å². The van der Waals surface area contributed by atoms with Gasteiger partial charge >= 0.3 is 0 Å². The van der Waals surface area contributed by atoms with Gasteiger partial charge in [-0.05, 0) is 46.3 Å². The number of halogens is 2. The molecule has 0 spiro atoms. The van der Waals surface area contributed by atoms with Crippen molar-refractivity contribution in [3.8, 4) is 0 Å². The molecule has 4 nitrogen and oxygen atoms in total. The second-order valence-electron chi connectivity index (χ2n) is 3.95. The van der Waals surface area contributed by atoms with E-state index >= 15 is 0 Å². The van der Waals surface area contributed by atoms with Crippen LogP contribution in [0.1, 0.15) is 20.7 Å². The van der Waals surface area contributed by atoms with E-state index in [9.17, 15) is 9.59 Å². The fourth-order valence-corrected chi connectivity index (χ4v) is 2.64. The predicted molar refractivity (Wildman–Crippen MR) is 77.2 cm³/mol. The van der Waals surface area contributed by atoms with Crippen molar-refractivity contribution < 1.29 is 9.59 Å². The summed E-state index contributed by atoms with van der Waals surface area (Å²) in [5.41, 5.74) is 0.788. The molecule has 1 aliphatic rings. The molecule has 94 valence electrons. The Bertz CT molecular complexity index is 716. The van der Waals surface area contributed by atoms with Gasteiger partial charge in [0.05, 0.1) is 11.1 Å². The molecule has 3 rings (SSSR count). The van der Waals surface area contributed by atoms with Crippen LogP contribution in [0.2, 0.25) is 0 Å². The first-order chi connectivity index (χ1) is 9.08. The number of aromatic nitrogens is 1. The van der Waals surface area contributed by atoms with Gasteiger partial charge in [0.15, 0.2) is 0 Å². The van der Waals surface area contributed by atoms with E-state index < -0.39 is 0 Å². The number of fused-ring (bicyclic) bond motifs is 1. The van der Waals surface area contributed by atoms with E-state index in [1.807, 2.05) is 0 Å². The van der Waals surface area contributed by atoms with Crippen molar-refractivity contribution in [1.82, 2.24) is 4.98 Å². The Balaban J connectivity index is 2.13. The maximum absolute atomic E-state index is 12.3. The van der Waals surface area contributed by atoms with Crippen molar-refractivity contribution in [2.45, 2.75) is 0 Å². The summed E-state index contributed by atoms with van der Waals surface area (Å²) in [7, 11) is 0. The Morgan fingerprint density at radius 3 is 2.42 bits per heavy atom. The average molecular weight is 382 g/mol. The van der Waals surface area contributed by atoms with Gasteiger partial charge < -0.3 is 0 Å². The van der Waals surface area contributed by atoms with Crippen LogP contribution in [0.4, 0.5) is 5.82 Å². The van der Waals surface area contributed by atoms with Crippen LogP contribution in [-0.4, -0.2) is 16.8 Å². The van der Waals surface area contributed by atoms with Crippen LogP contribution >= 0.6 is 31.9 Å². The van der Waals surface area contributed by atoms with E-state index in [1.165, 1.54) is 0 Å². The van der Waals surface area contributed by atoms with Crippen LogP contribution in [0.5, 0.6) is 0 Å². The van der Waals surface area contributed by atoms with E-state index in [1.54, 1.807) is 36.4 Å². The summed E-state index contributed by atoms with van der Waals surface area (Å²) in [6, 6.07) is 10.1. The van der Waals surface area contributed by atoms with Crippen molar-refractivity contribution in [2.24, 2.45) is 0 Å². The summed E-state index contributed by atoms with van der Waals surface area (Å²) >= 11 is 6.52. The largest absolute Gasteiger partial charge is 0.268 e. The first-order valence-electron chi connectivity index (χ1n) is 5.39. The highest BCUT2D eigenvalue weighted by Gasteiger charge is 2.37. The van der Waals surface area contributed by atoms with Crippen molar-refractivity contribution in [2.75, 3.05) is 4.90 Å². The zero-order valence-corrected chi connectivity index (χ0v) is 12.6. The molecular weight excluding hydrogens is 376 g/mol. The van der Waals surface area contributed by atoms with Gasteiger partial charge in [0, 0.05) is 4.47 Å². The molecule has 0 aliphatic carbocycles. The second-order valence-corrected chi connectivity index (χ2v) is 5.68. The molecule has 0 saturated carbocycles. The summed E-state index contributed by atoms with van der Waals surface area (Å²) in [5, 5.41) is 0. The Kier molecular flexibility index (Phi) is 2.99. The lowest BCUT2D eigenvalue weighted by Gasteiger charge is -2.12. The average Bonchev–Trinajstić information content (AvgIpc) is 2.61. The lowest BCUT2D eigenvalue weighted by atomic mass is 10.1. The van der Waals surface area contributed by atoms with E-state index in [2.05, 4.69) is 36.8 Å². The molecule has 6 heteroatoms. The maximum atomic E-state index is 12.3. The zero-order valence-electron chi connectivity index (χ0n) is 9.43. The molecule has 2 aromatic rings. The normalized spacial score (nSPS) is 13.9. The highest BCUT2D eigenvalue weighted by molar-refractivity contribution is 9.10. The number of benzene rings is 1. The van der Waals surface area contributed by atoms with Crippen LogP contribution in [0.25, 0.3) is 0 Å². The van der Waals surface area contributed by atoms with Crippen LogP contribution in [0.15, 0.2) is 45.5 Å². The maximum Gasteiger partial charge on any atom is 0.267 e. The number of amides is 2. The lowest BCUT2D eigenvalue weighted by Crippen LogP contribution is -2.30.